The van der Waals surface area contributed by atoms with Gasteiger partial charge < -0.3 is 15.4 Å². The van der Waals surface area contributed by atoms with Gasteiger partial charge in [-0.2, -0.15) is 10.1 Å². The van der Waals surface area contributed by atoms with Crippen molar-refractivity contribution in [3.8, 4) is 0 Å². The van der Waals surface area contributed by atoms with E-state index < -0.39 is 0 Å². The standard InChI is InChI=1S/C16H23N5O/c1-22-12-6-11-18-16-20-15(13-19-21-16)17-10-5-9-14-7-3-2-4-8-14/h2-4,7-8,13H,5-6,9-12H2,1H3,(H2,17,18,20,21). The second-order valence-corrected chi connectivity index (χ2v) is 4.95. The molecule has 0 radical (unpaired) electrons. The van der Waals surface area contributed by atoms with E-state index in [0.29, 0.717) is 5.95 Å². The number of aromatic nitrogens is 3. The average molecular weight is 301 g/mol. The zero-order valence-electron chi connectivity index (χ0n) is 13.0. The number of anilines is 2. The van der Waals surface area contributed by atoms with Crippen LogP contribution in [0.3, 0.4) is 0 Å². The predicted molar refractivity (Wildman–Crippen MR) is 88.1 cm³/mol. The Morgan fingerprint density at radius 3 is 2.68 bits per heavy atom. The minimum absolute atomic E-state index is 0.546. The Morgan fingerprint density at radius 1 is 1.05 bits per heavy atom. The molecule has 2 aromatic rings. The normalized spacial score (nSPS) is 10.4. The smallest absolute Gasteiger partial charge is 0.244 e. The van der Waals surface area contributed by atoms with Crippen LogP contribution in [0.4, 0.5) is 11.8 Å². The summed E-state index contributed by atoms with van der Waals surface area (Å²) < 4.78 is 5.00. The molecule has 0 saturated heterocycles. The molecule has 6 heteroatoms. The molecule has 0 amide bonds. The fourth-order valence-corrected chi connectivity index (χ4v) is 2.03. The van der Waals surface area contributed by atoms with Crippen molar-refractivity contribution < 1.29 is 4.74 Å². The van der Waals surface area contributed by atoms with Gasteiger partial charge in [-0.25, -0.2) is 0 Å². The molecule has 0 atom stereocenters. The van der Waals surface area contributed by atoms with Gasteiger partial charge in [0.05, 0.1) is 6.20 Å². The Balaban J connectivity index is 1.69. The number of ether oxygens (including phenoxy) is 1. The minimum atomic E-state index is 0.546. The van der Waals surface area contributed by atoms with Crippen LogP contribution in [0.15, 0.2) is 36.5 Å². The number of benzene rings is 1. The first-order chi connectivity index (χ1) is 10.9. The molecule has 0 saturated carbocycles. The highest BCUT2D eigenvalue weighted by Gasteiger charge is 2.00. The molecule has 1 heterocycles. The molecule has 0 bridgehead atoms. The summed E-state index contributed by atoms with van der Waals surface area (Å²) in [5, 5.41) is 14.3. The second kappa shape index (κ2) is 9.68. The fourth-order valence-electron chi connectivity index (χ4n) is 2.03. The Hall–Kier alpha value is -2.21. The maximum Gasteiger partial charge on any atom is 0.244 e. The van der Waals surface area contributed by atoms with Gasteiger partial charge in [0.1, 0.15) is 5.82 Å². The van der Waals surface area contributed by atoms with E-state index in [9.17, 15) is 0 Å². The maximum atomic E-state index is 5.00. The summed E-state index contributed by atoms with van der Waals surface area (Å²) in [5.74, 6) is 1.29. The van der Waals surface area contributed by atoms with Crippen LogP contribution in [0.1, 0.15) is 18.4 Å². The average Bonchev–Trinajstić information content (AvgIpc) is 2.57. The first kappa shape index (κ1) is 16.2. The lowest BCUT2D eigenvalue weighted by atomic mass is 10.1. The van der Waals surface area contributed by atoms with E-state index in [4.69, 9.17) is 4.74 Å². The topological polar surface area (TPSA) is 72.0 Å². The molecule has 0 aliphatic rings. The Morgan fingerprint density at radius 2 is 1.86 bits per heavy atom. The summed E-state index contributed by atoms with van der Waals surface area (Å²) in [5.41, 5.74) is 1.35. The largest absolute Gasteiger partial charge is 0.385 e. The summed E-state index contributed by atoms with van der Waals surface area (Å²) in [6.45, 7) is 2.35. The number of hydrogen-bond donors (Lipinski definition) is 2. The van der Waals surface area contributed by atoms with Gasteiger partial charge in [-0.1, -0.05) is 30.3 Å². The van der Waals surface area contributed by atoms with Crippen molar-refractivity contribution in [2.75, 3.05) is 37.4 Å². The second-order valence-electron chi connectivity index (χ2n) is 4.95. The summed E-state index contributed by atoms with van der Waals surface area (Å²) >= 11 is 0. The monoisotopic (exact) mass is 301 g/mol. The molecular formula is C16H23N5O. The van der Waals surface area contributed by atoms with Crippen molar-refractivity contribution in [1.29, 1.82) is 0 Å². The summed E-state index contributed by atoms with van der Waals surface area (Å²) in [6.07, 6.45) is 4.65. The van der Waals surface area contributed by atoms with Crippen LogP contribution in [0.2, 0.25) is 0 Å². The molecule has 0 unspecified atom stereocenters. The number of nitrogens with one attached hydrogen (secondary N) is 2. The van der Waals surface area contributed by atoms with Crippen LogP contribution < -0.4 is 10.6 Å². The van der Waals surface area contributed by atoms with Gasteiger partial charge in [0, 0.05) is 26.8 Å². The van der Waals surface area contributed by atoms with E-state index in [2.05, 4.69) is 50.1 Å². The van der Waals surface area contributed by atoms with E-state index in [1.165, 1.54) is 5.56 Å². The molecular weight excluding hydrogens is 278 g/mol. The molecule has 2 N–H and O–H groups in total. The quantitative estimate of drug-likeness (QED) is 0.656. The summed E-state index contributed by atoms with van der Waals surface area (Å²) in [4.78, 5) is 4.38. The third-order valence-electron chi connectivity index (χ3n) is 3.16. The van der Waals surface area contributed by atoms with Crippen LogP contribution >= 0.6 is 0 Å². The van der Waals surface area contributed by atoms with Gasteiger partial charge in [0.25, 0.3) is 0 Å². The Kier molecular flexibility index (Phi) is 7.11. The molecule has 2 rings (SSSR count). The lowest BCUT2D eigenvalue weighted by molar-refractivity contribution is 0.197. The van der Waals surface area contributed by atoms with Crippen molar-refractivity contribution >= 4 is 11.8 Å². The van der Waals surface area contributed by atoms with Crippen molar-refractivity contribution in [1.82, 2.24) is 15.2 Å². The number of nitrogens with zero attached hydrogens (tertiary/aromatic N) is 3. The van der Waals surface area contributed by atoms with Gasteiger partial charge in [-0.3, -0.25) is 0 Å². The number of hydrogen-bond acceptors (Lipinski definition) is 6. The molecule has 1 aromatic heterocycles. The van der Waals surface area contributed by atoms with E-state index in [-0.39, 0.29) is 0 Å². The Bertz CT molecular complexity index is 535. The van der Waals surface area contributed by atoms with Crippen molar-refractivity contribution in [2.24, 2.45) is 0 Å². The molecule has 0 aliphatic carbocycles. The molecule has 118 valence electrons. The van der Waals surface area contributed by atoms with Crippen LogP contribution in [0.25, 0.3) is 0 Å². The first-order valence-electron chi connectivity index (χ1n) is 7.59. The van der Waals surface area contributed by atoms with Crippen LogP contribution in [0.5, 0.6) is 0 Å². The van der Waals surface area contributed by atoms with Gasteiger partial charge >= 0.3 is 0 Å². The fraction of sp³-hybridized carbons (Fsp3) is 0.438. The summed E-state index contributed by atoms with van der Waals surface area (Å²) in [7, 11) is 1.69. The predicted octanol–water partition coefficient (Wildman–Crippen LogP) is 2.36. The third-order valence-corrected chi connectivity index (χ3v) is 3.16. The molecule has 6 nitrogen and oxygen atoms in total. The van der Waals surface area contributed by atoms with Gasteiger partial charge in [0.15, 0.2) is 0 Å². The van der Waals surface area contributed by atoms with Crippen LogP contribution in [0, 0.1) is 0 Å². The highest BCUT2D eigenvalue weighted by Crippen LogP contribution is 2.06. The number of methoxy groups -OCH3 is 1. The van der Waals surface area contributed by atoms with Crippen molar-refractivity contribution in [2.45, 2.75) is 19.3 Å². The minimum Gasteiger partial charge on any atom is -0.385 e. The van der Waals surface area contributed by atoms with E-state index >= 15 is 0 Å². The molecule has 0 aliphatic heterocycles. The van der Waals surface area contributed by atoms with E-state index in [0.717, 1.165) is 44.8 Å². The van der Waals surface area contributed by atoms with Gasteiger partial charge in [-0.15, -0.1) is 5.10 Å². The zero-order valence-corrected chi connectivity index (χ0v) is 13.0. The van der Waals surface area contributed by atoms with E-state index in [1.54, 1.807) is 13.3 Å². The van der Waals surface area contributed by atoms with Crippen molar-refractivity contribution in [3.63, 3.8) is 0 Å². The Labute approximate surface area is 131 Å². The van der Waals surface area contributed by atoms with Crippen LogP contribution in [-0.4, -0.2) is 42.0 Å². The van der Waals surface area contributed by atoms with Gasteiger partial charge in [0.2, 0.25) is 5.95 Å². The summed E-state index contributed by atoms with van der Waals surface area (Å²) in [6, 6.07) is 10.5. The first-order valence-corrected chi connectivity index (χ1v) is 7.59. The third kappa shape index (κ3) is 6.05. The zero-order chi connectivity index (χ0) is 15.5. The number of rotatable bonds is 10. The van der Waals surface area contributed by atoms with Crippen molar-refractivity contribution in [3.05, 3.63) is 42.1 Å². The highest BCUT2D eigenvalue weighted by atomic mass is 16.5. The molecule has 0 spiro atoms. The van der Waals surface area contributed by atoms with Gasteiger partial charge in [-0.05, 0) is 24.8 Å². The SMILES string of the molecule is COCCCNc1nncc(NCCCc2ccccc2)n1. The number of aryl methyl sites for hydroxylation is 1. The highest BCUT2D eigenvalue weighted by molar-refractivity contribution is 5.36. The van der Waals surface area contributed by atoms with Crippen LogP contribution in [-0.2, 0) is 11.2 Å². The van der Waals surface area contributed by atoms with E-state index in [1.807, 2.05) is 6.07 Å². The molecule has 1 aromatic carbocycles. The molecule has 22 heavy (non-hydrogen) atoms. The lowest BCUT2D eigenvalue weighted by Gasteiger charge is -2.07. The lowest BCUT2D eigenvalue weighted by Crippen LogP contribution is -2.11. The maximum absolute atomic E-state index is 5.00. The molecule has 0 fully saturated rings.